The van der Waals surface area contributed by atoms with Gasteiger partial charge in [0.25, 0.3) is 0 Å². The second kappa shape index (κ2) is 9.52. The number of hydrazine groups is 1. The van der Waals surface area contributed by atoms with Crippen LogP contribution >= 0.6 is 39.1 Å². The van der Waals surface area contributed by atoms with Crippen molar-refractivity contribution in [1.29, 1.82) is 0 Å². The van der Waals surface area contributed by atoms with E-state index in [1.807, 2.05) is 0 Å². The first-order valence-electron chi connectivity index (χ1n) is 9.87. The Bertz CT molecular complexity index is 1150. The minimum Gasteiger partial charge on any atom is -0.496 e. The van der Waals surface area contributed by atoms with Gasteiger partial charge < -0.3 is 20.0 Å². The number of methoxy groups -OCH3 is 2. The highest BCUT2D eigenvalue weighted by Crippen LogP contribution is 2.40. The lowest BCUT2D eigenvalue weighted by molar-refractivity contribution is -0.126. The summed E-state index contributed by atoms with van der Waals surface area (Å²) in [7, 11) is 3.01. The van der Waals surface area contributed by atoms with Crippen molar-refractivity contribution in [3.63, 3.8) is 0 Å². The van der Waals surface area contributed by atoms with Gasteiger partial charge >= 0.3 is 0 Å². The molecule has 1 saturated heterocycles. The van der Waals surface area contributed by atoms with Gasteiger partial charge in [-0.3, -0.25) is 14.9 Å². The van der Waals surface area contributed by atoms with E-state index in [4.69, 9.17) is 32.7 Å². The Morgan fingerprint density at radius 1 is 1.09 bits per heavy atom. The number of halogens is 3. The Morgan fingerprint density at radius 3 is 2.48 bits per heavy atom. The van der Waals surface area contributed by atoms with E-state index in [9.17, 15) is 14.7 Å². The number of benzene rings is 2. The number of carbonyl (C=O) groups is 2. The van der Waals surface area contributed by atoms with Crippen molar-refractivity contribution in [1.82, 2.24) is 10.3 Å². The lowest BCUT2D eigenvalue weighted by Crippen LogP contribution is -2.55. The third kappa shape index (κ3) is 4.43. The van der Waals surface area contributed by atoms with Crippen molar-refractivity contribution in [3.8, 4) is 11.5 Å². The number of ether oxygens (including phenoxy) is 2. The van der Waals surface area contributed by atoms with Crippen molar-refractivity contribution in [2.45, 2.75) is 18.2 Å². The molecule has 8 nitrogen and oxygen atoms in total. The molecule has 174 valence electrons. The lowest BCUT2D eigenvalue weighted by atomic mass is 9.90. The summed E-state index contributed by atoms with van der Waals surface area (Å²) in [5.74, 6) is -0.677. The largest absolute Gasteiger partial charge is 0.496 e. The molecular formula is C22H20BrCl2N3O5. The van der Waals surface area contributed by atoms with E-state index in [-0.39, 0.29) is 0 Å². The second-order valence-corrected chi connectivity index (χ2v) is 9.21. The van der Waals surface area contributed by atoms with Crippen molar-refractivity contribution in [2.24, 2.45) is 5.92 Å². The zero-order valence-corrected chi connectivity index (χ0v) is 20.6. The minimum atomic E-state index is -1.15. The van der Waals surface area contributed by atoms with Gasteiger partial charge in [0.15, 0.2) is 0 Å². The zero-order valence-electron chi connectivity index (χ0n) is 17.5. The topological polar surface area (TPSA) is 100 Å². The van der Waals surface area contributed by atoms with Crippen molar-refractivity contribution in [3.05, 3.63) is 62.6 Å². The van der Waals surface area contributed by atoms with E-state index in [2.05, 4.69) is 26.7 Å². The van der Waals surface area contributed by atoms with Gasteiger partial charge in [-0.15, -0.1) is 0 Å². The SMILES string of the molecule is COc1cc(OC)c(C(O)C2C=CC3C(=O)NC(=O)C3N2Nc2ccc(Cl)cc2Cl)cc1Br. The average Bonchev–Trinajstić information content (AvgIpc) is 3.08. The molecule has 0 saturated carbocycles. The van der Waals surface area contributed by atoms with Crippen molar-refractivity contribution < 1.29 is 24.2 Å². The highest BCUT2D eigenvalue weighted by atomic mass is 79.9. The molecule has 0 aliphatic carbocycles. The molecule has 11 heteroatoms. The lowest BCUT2D eigenvalue weighted by Gasteiger charge is -2.41. The number of nitrogens with one attached hydrogen (secondary N) is 2. The molecule has 0 aromatic heterocycles. The molecule has 2 aliphatic heterocycles. The second-order valence-electron chi connectivity index (χ2n) is 7.52. The van der Waals surface area contributed by atoms with Crippen LogP contribution in [0.25, 0.3) is 0 Å². The number of anilines is 1. The Kier molecular flexibility index (Phi) is 6.88. The molecule has 4 rings (SSSR count). The van der Waals surface area contributed by atoms with E-state index < -0.39 is 35.9 Å². The summed E-state index contributed by atoms with van der Waals surface area (Å²) >= 11 is 15.8. The molecule has 4 unspecified atom stereocenters. The van der Waals surface area contributed by atoms with Crippen LogP contribution in [0.4, 0.5) is 5.69 Å². The van der Waals surface area contributed by atoms with Crippen LogP contribution in [0.15, 0.2) is 47.0 Å². The van der Waals surface area contributed by atoms with Gasteiger partial charge in [-0.1, -0.05) is 35.4 Å². The molecule has 2 heterocycles. The fourth-order valence-electron chi connectivity index (χ4n) is 4.01. The van der Waals surface area contributed by atoms with Crippen LogP contribution in [-0.2, 0) is 9.59 Å². The Hall–Kier alpha value is -2.30. The van der Waals surface area contributed by atoms with E-state index in [0.717, 1.165) is 0 Å². The first-order chi connectivity index (χ1) is 15.7. The monoisotopic (exact) mass is 555 g/mol. The zero-order chi connectivity index (χ0) is 23.9. The number of hydrogen-bond acceptors (Lipinski definition) is 7. The molecule has 0 radical (unpaired) electrons. The molecule has 0 spiro atoms. The van der Waals surface area contributed by atoms with E-state index in [0.29, 0.717) is 37.3 Å². The number of aliphatic hydroxyl groups is 1. The van der Waals surface area contributed by atoms with Gasteiger partial charge in [-0.25, -0.2) is 5.01 Å². The predicted octanol–water partition coefficient (Wildman–Crippen LogP) is 3.72. The van der Waals surface area contributed by atoms with Gasteiger partial charge in [0.2, 0.25) is 11.8 Å². The Morgan fingerprint density at radius 2 is 1.82 bits per heavy atom. The highest BCUT2D eigenvalue weighted by molar-refractivity contribution is 9.10. The quantitative estimate of drug-likeness (QED) is 0.368. The molecule has 1 fully saturated rings. The molecule has 2 aliphatic rings. The van der Waals surface area contributed by atoms with E-state index in [1.54, 1.807) is 42.5 Å². The van der Waals surface area contributed by atoms with Crippen molar-refractivity contribution >= 4 is 56.6 Å². The normalized spacial score (nSPS) is 23.2. The number of imide groups is 1. The predicted molar refractivity (Wildman–Crippen MR) is 127 cm³/mol. The standard InChI is InChI=1S/C22H20BrCl2N3O5/c1-32-17-9-18(33-2)13(23)8-12(17)20(29)16-6-4-11-19(22(31)26-21(11)30)28(16)27-15-5-3-10(24)7-14(15)25/h3-9,11,16,19-20,27,29H,1-2H3,(H,26,30,31). The van der Waals surface area contributed by atoms with E-state index in [1.165, 1.54) is 19.2 Å². The molecule has 4 atom stereocenters. The Labute approximate surface area is 208 Å². The van der Waals surface area contributed by atoms with Crippen LogP contribution in [0.3, 0.4) is 0 Å². The summed E-state index contributed by atoms with van der Waals surface area (Å²) in [5, 5.41) is 16.1. The summed E-state index contributed by atoms with van der Waals surface area (Å²) in [6, 6.07) is 6.53. The van der Waals surface area contributed by atoms with Crippen LogP contribution in [0, 0.1) is 5.92 Å². The fourth-order valence-corrected chi connectivity index (χ4v) is 4.98. The van der Waals surface area contributed by atoms with E-state index >= 15 is 0 Å². The third-order valence-corrected chi connectivity index (χ3v) is 6.79. The van der Waals surface area contributed by atoms with Crippen molar-refractivity contribution in [2.75, 3.05) is 19.6 Å². The molecule has 33 heavy (non-hydrogen) atoms. The smallest absolute Gasteiger partial charge is 0.246 e. The summed E-state index contributed by atoms with van der Waals surface area (Å²) in [5.41, 5.74) is 4.03. The summed E-state index contributed by atoms with van der Waals surface area (Å²) in [6.07, 6.45) is 2.16. The number of hydrogen-bond donors (Lipinski definition) is 3. The first-order valence-corrected chi connectivity index (χ1v) is 11.4. The minimum absolute atomic E-state index is 0.316. The summed E-state index contributed by atoms with van der Waals surface area (Å²) < 4.78 is 11.4. The highest BCUT2D eigenvalue weighted by Gasteiger charge is 2.50. The van der Waals surface area contributed by atoms with Gasteiger partial charge in [-0.05, 0) is 40.2 Å². The number of carbonyl (C=O) groups excluding carboxylic acids is 2. The maximum absolute atomic E-state index is 12.7. The molecule has 3 N–H and O–H groups in total. The van der Waals surface area contributed by atoms with Crippen LogP contribution in [0.1, 0.15) is 11.7 Å². The summed E-state index contributed by atoms with van der Waals surface area (Å²) in [4.78, 5) is 25.0. The van der Waals surface area contributed by atoms with Gasteiger partial charge in [0.1, 0.15) is 23.6 Å². The molecule has 0 bridgehead atoms. The van der Waals surface area contributed by atoms with Gasteiger partial charge in [-0.2, -0.15) is 0 Å². The van der Waals surface area contributed by atoms with Crippen LogP contribution in [-0.4, -0.2) is 48.2 Å². The fraction of sp³-hybridized carbons (Fsp3) is 0.273. The maximum atomic E-state index is 12.7. The Balaban J connectivity index is 1.77. The number of fused-ring (bicyclic) bond motifs is 1. The average molecular weight is 557 g/mol. The van der Waals surface area contributed by atoms with Gasteiger partial charge in [0.05, 0.1) is 41.4 Å². The first kappa shape index (κ1) is 23.8. The van der Waals surface area contributed by atoms with Gasteiger partial charge in [0, 0.05) is 16.7 Å². The van der Waals surface area contributed by atoms with Crippen LogP contribution in [0.2, 0.25) is 10.0 Å². The number of nitrogens with zero attached hydrogens (tertiary/aromatic N) is 1. The number of amides is 2. The van der Waals surface area contributed by atoms with Crippen LogP contribution < -0.4 is 20.2 Å². The van der Waals surface area contributed by atoms with Crippen LogP contribution in [0.5, 0.6) is 11.5 Å². The molecule has 2 amide bonds. The summed E-state index contributed by atoms with van der Waals surface area (Å²) in [6.45, 7) is 0. The number of aliphatic hydroxyl groups excluding tert-OH is 1. The molecule has 2 aromatic rings. The molecule has 2 aromatic carbocycles. The number of rotatable bonds is 6. The third-order valence-electron chi connectivity index (χ3n) is 5.62. The molecular weight excluding hydrogens is 537 g/mol. The maximum Gasteiger partial charge on any atom is 0.246 e.